The number of aliphatic imine (C=N–C) groups is 1. The molecule has 1 saturated heterocycles. The average Bonchev–Trinajstić information content (AvgIpc) is 2.88. The van der Waals surface area contributed by atoms with Crippen molar-refractivity contribution < 1.29 is 9.53 Å². The van der Waals surface area contributed by atoms with E-state index in [2.05, 4.69) is 6.07 Å². The van der Waals surface area contributed by atoms with Crippen LogP contribution in [0, 0.1) is 11.3 Å². The van der Waals surface area contributed by atoms with Gasteiger partial charge in [0.2, 0.25) is 5.91 Å². The number of carbonyl (C=O) groups excluding carboxylic acids is 1. The third-order valence-electron chi connectivity index (χ3n) is 5.54. The molecule has 1 aliphatic rings. The molecule has 160 valence electrons. The summed E-state index contributed by atoms with van der Waals surface area (Å²) >= 11 is 0. The lowest BCUT2D eigenvalue weighted by molar-refractivity contribution is -0.136. The molecule has 5 heteroatoms. The van der Waals surface area contributed by atoms with Crippen LogP contribution in [0.1, 0.15) is 22.3 Å². The molecular formula is C27H25N3O2. The molecule has 5 nitrogen and oxygen atoms in total. The van der Waals surface area contributed by atoms with E-state index in [0.29, 0.717) is 38.3 Å². The summed E-state index contributed by atoms with van der Waals surface area (Å²) < 4.78 is 5.43. The highest BCUT2D eigenvalue weighted by molar-refractivity contribution is 6.13. The Hall–Kier alpha value is -3.75. The largest absolute Gasteiger partial charge is 0.378 e. The first-order chi connectivity index (χ1) is 15.8. The van der Waals surface area contributed by atoms with Crippen molar-refractivity contribution in [1.82, 2.24) is 4.90 Å². The number of amides is 1. The first-order valence-electron chi connectivity index (χ1n) is 10.8. The molecule has 0 saturated carbocycles. The third kappa shape index (κ3) is 5.11. The summed E-state index contributed by atoms with van der Waals surface area (Å²) in [5.41, 5.74) is 4.07. The van der Waals surface area contributed by atoms with Crippen LogP contribution in [0.5, 0.6) is 0 Å². The van der Waals surface area contributed by atoms with Gasteiger partial charge in [-0.2, -0.15) is 5.26 Å². The maximum atomic E-state index is 13.6. The zero-order chi connectivity index (χ0) is 22.2. The zero-order valence-electron chi connectivity index (χ0n) is 17.9. The molecule has 3 aromatic carbocycles. The highest BCUT2D eigenvalue weighted by Gasteiger charge is 2.27. The van der Waals surface area contributed by atoms with Crippen LogP contribution in [0.4, 0.5) is 0 Å². The van der Waals surface area contributed by atoms with Gasteiger partial charge in [-0.3, -0.25) is 9.79 Å². The molecule has 0 spiro atoms. The standard InChI is InChI=1S/C27H25N3O2/c28-20-24-14-8-7-13-23(24)19-25(27(31)30-15-17-32-18-16-30)29-26(21-9-3-1-4-10-21)22-11-5-2-6-12-22/h1-14,25H,15-19H2. The van der Waals surface area contributed by atoms with Crippen molar-refractivity contribution in [2.45, 2.75) is 12.5 Å². The lowest BCUT2D eigenvalue weighted by atomic mass is 9.98. The maximum Gasteiger partial charge on any atom is 0.247 e. The molecule has 1 fully saturated rings. The Balaban J connectivity index is 1.78. The topological polar surface area (TPSA) is 65.7 Å². The van der Waals surface area contributed by atoms with E-state index in [0.717, 1.165) is 22.4 Å². The smallest absolute Gasteiger partial charge is 0.247 e. The van der Waals surface area contributed by atoms with Crippen LogP contribution in [0.2, 0.25) is 0 Å². The second-order valence-corrected chi connectivity index (χ2v) is 7.64. The quantitative estimate of drug-likeness (QED) is 0.566. The average molecular weight is 424 g/mol. The van der Waals surface area contributed by atoms with E-state index in [1.54, 1.807) is 6.07 Å². The summed E-state index contributed by atoms with van der Waals surface area (Å²) in [6.07, 6.45) is 0.364. The normalized spacial score (nSPS) is 14.3. The molecule has 4 rings (SSSR count). The Morgan fingerprint density at radius 1 is 0.906 bits per heavy atom. The molecule has 0 aliphatic carbocycles. The highest BCUT2D eigenvalue weighted by Crippen LogP contribution is 2.18. The van der Waals surface area contributed by atoms with Gasteiger partial charge in [-0.25, -0.2) is 0 Å². The summed E-state index contributed by atoms with van der Waals surface area (Å²) in [4.78, 5) is 20.4. The number of nitrogens with zero attached hydrogens (tertiary/aromatic N) is 3. The van der Waals surface area contributed by atoms with E-state index in [4.69, 9.17) is 9.73 Å². The summed E-state index contributed by atoms with van der Waals surface area (Å²) in [6.45, 7) is 2.16. The number of carbonyl (C=O) groups is 1. The van der Waals surface area contributed by atoms with E-state index < -0.39 is 6.04 Å². The Labute approximate surface area is 188 Å². The minimum atomic E-state index is -0.641. The Morgan fingerprint density at radius 2 is 1.47 bits per heavy atom. The minimum absolute atomic E-state index is 0.0367. The summed E-state index contributed by atoms with van der Waals surface area (Å²) in [7, 11) is 0. The fourth-order valence-electron chi connectivity index (χ4n) is 3.86. The fourth-order valence-corrected chi connectivity index (χ4v) is 3.86. The van der Waals surface area contributed by atoms with Gasteiger partial charge in [-0.15, -0.1) is 0 Å². The van der Waals surface area contributed by atoms with Crippen molar-refractivity contribution >= 4 is 11.6 Å². The monoisotopic (exact) mass is 423 g/mol. The predicted octanol–water partition coefficient (Wildman–Crippen LogP) is 3.87. The number of benzene rings is 3. The van der Waals surface area contributed by atoms with Crippen LogP contribution >= 0.6 is 0 Å². The summed E-state index contributed by atoms with van der Waals surface area (Å²) in [5.74, 6) is -0.0367. The van der Waals surface area contributed by atoms with Gasteiger partial charge in [0, 0.05) is 30.6 Å². The van der Waals surface area contributed by atoms with Crippen molar-refractivity contribution in [2.75, 3.05) is 26.3 Å². The minimum Gasteiger partial charge on any atom is -0.378 e. The summed E-state index contributed by atoms with van der Waals surface area (Å²) in [6, 6.07) is 28.8. The van der Waals surface area contributed by atoms with Gasteiger partial charge in [0.15, 0.2) is 0 Å². The van der Waals surface area contributed by atoms with Crippen LogP contribution in [-0.4, -0.2) is 48.9 Å². The lowest BCUT2D eigenvalue weighted by Gasteiger charge is -2.29. The van der Waals surface area contributed by atoms with E-state index >= 15 is 0 Å². The molecule has 1 amide bonds. The first-order valence-corrected chi connectivity index (χ1v) is 10.8. The van der Waals surface area contributed by atoms with Gasteiger partial charge in [0.05, 0.1) is 30.6 Å². The van der Waals surface area contributed by atoms with Crippen LogP contribution in [0.25, 0.3) is 0 Å². The fraction of sp³-hybridized carbons (Fsp3) is 0.222. The zero-order valence-corrected chi connectivity index (χ0v) is 17.9. The number of ether oxygens (including phenoxy) is 1. The molecule has 0 bridgehead atoms. The molecule has 32 heavy (non-hydrogen) atoms. The number of rotatable bonds is 6. The van der Waals surface area contributed by atoms with Crippen molar-refractivity contribution in [1.29, 1.82) is 5.26 Å². The Kier molecular flexibility index (Phi) is 7.06. The molecule has 0 N–H and O–H groups in total. The van der Waals surface area contributed by atoms with Gasteiger partial charge in [-0.05, 0) is 11.6 Å². The van der Waals surface area contributed by atoms with Crippen LogP contribution in [-0.2, 0) is 16.0 Å². The number of nitriles is 1. The predicted molar refractivity (Wildman–Crippen MR) is 125 cm³/mol. The van der Waals surface area contributed by atoms with Crippen LogP contribution < -0.4 is 0 Å². The molecule has 3 aromatic rings. The van der Waals surface area contributed by atoms with Crippen molar-refractivity contribution in [3.05, 3.63) is 107 Å². The molecule has 1 aliphatic heterocycles. The molecular weight excluding hydrogens is 398 g/mol. The van der Waals surface area contributed by atoms with E-state index in [1.807, 2.05) is 83.8 Å². The number of morpholine rings is 1. The van der Waals surface area contributed by atoms with Gasteiger partial charge in [-0.1, -0.05) is 78.9 Å². The molecule has 1 heterocycles. The van der Waals surface area contributed by atoms with Crippen molar-refractivity contribution in [2.24, 2.45) is 4.99 Å². The van der Waals surface area contributed by atoms with Crippen LogP contribution in [0.15, 0.2) is 89.9 Å². The number of hydrogen-bond acceptors (Lipinski definition) is 4. The van der Waals surface area contributed by atoms with Crippen molar-refractivity contribution in [3.8, 4) is 6.07 Å². The Morgan fingerprint density at radius 3 is 2.06 bits per heavy atom. The van der Waals surface area contributed by atoms with Crippen LogP contribution in [0.3, 0.4) is 0 Å². The molecule has 1 unspecified atom stereocenters. The van der Waals surface area contributed by atoms with Gasteiger partial charge >= 0.3 is 0 Å². The Bertz CT molecular complexity index is 1070. The summed E-state index contributed by atoms with van der Waals surface area (Å²) in [5, 5.41) is 9.56. The maximum absolute atomic E-state index is 13.6. The third-order valence-corrected chi connectivity index (χ3v) is 5.54. The number of hydrogen-bond donors (Lipinski definition) is 0. The van der Waals surface area contributed by atoms with Gasteiger partial charge < -0.3 is 9.64 Å². The van der Waals surface area contributed by atoms with Gasteiger partial charge in [0.25, 0.3) is 0 Å². The van der Waals surface area contributed by atoms with E-state index in [9.17, 15) is 10.1 Å². The second-order valence-electron chi connectivity index (χ2n) is 7.64. The van der Waals surface area contributed by atoms with Gasteiger partial charge in [0.1, 0.15) is 6.04 Å². The molecule has 1 atom stereocenters. The first kappa shape index (κ1) is 21.5. The SMILES string of the molecule is N#Cc1ccccc1CC(N=C(c1ccccc1)c1ccccc1)C(=O)N1CCOCC1. The van der Waals surface area contributed by atoms with E-state index in [-0.39, 0.29) is 5.91 Å². The molecule has 0 aromatic heterocycles. The lowest BCUT2D eigenvalue weighted by Crippen LogP contribution is -2.46. The van der Waals surface area contributed by atoms with Crippen molar-refractivity contribution in [3.63, 3.8) is 0 Å². The van der Waals surface area contributed by atoms with E-state index in [1.165, 1.54) is 0 Å². The molecule has 0 radical (unpaired) electrons. The highest BCUT2D eigenvalue weighted by atomic mass is 16.5. The second kappa shape index (κ2) is 10.5.